The Bertz CT molecular complexity index is 1090. The smallest absolute Gasteiger partial charge is 0.369 e. The molecule has 0 bridgehead atoms. The predicted octanol–water partition coefficient (Wildman–Crippen LogP) is 3.96. The number of hydrogen-bond donors (Lipinski definition) is 0. The van der Waals surface area contributed by atoms with Gasteiger partial charge < -0.3 is 4.90 Å². The van der Waals surface area contributed by atoms with Crippen molar-refractivity contribution in [3.63, 3.8) is 0 Å². The maximum atomic E-state index is 13.7. The fourth-order valence-electron chi connectivity index (χ4n) is 3.63. The van der Waals surface area contributed by atoms with Crippen LogP contribution in [0.2, 0.25) is 0 Å². The molecule has 0 N–H and O–H groups in total. The van der Waals surface area contributed by atoms with Gasteiger partial charge in [-0.2, -0.15) is 18.3 Å². The first-order valence-corrected chi connectivity index (χ1v) is 10.1. The van der Waals surface area contributed by atoms with Crippen LogP contribution < -0.4 is 4.90 Å². The highest BCUT2D eigenvalue weighted by Crippen LogP contribution is 2.33. The minimum Gasteiger partial charge on any atom is -0.369 e. The van der Waals surface area contributed by atoms with Crippen molar-refractivity contribution in [2.24, 2.45) is 0 Å². The number of piperazine rings is 1. The lowest BCUT2D eigenvalue weighted by molar-refractivity contribution is -0.137. The highest BCUT2D eigenvalue weighted by Gasteiger charge is 2.32. The van der Waals surface area contributed by atoms with E-state index >= 15 is 0 Å². The second-order valence-corrected chi connectivity index (χ2v) is 7.53. The Kier molecular flexibility index (Phi) is 6.22. The van der Waals surface area contributed by atoms with Crippen LogP contribution in [0.4, 0.5) is 23.2 Å². The predicted molar refractivity (Wildman–Crippen MR) is 113 cm³/mol. The van der Waals surface area contributed by atoms with Crippen molar-refractivity contribution in [2.45, 2.75) is 13.1 Å². The molecule has 168 valence electrons. The molecule has 0 atom stereocenters. The van der Waals surface area contributed by atoms with Crippen molar-refractivity contribution < 1.29 is 17.6 Å². The van der Waals surface area contributed by atoms with Gasteiger partial charge in [0.1, 0.15) is 5.82 Å². The summed E-state index contributed by atoms with van der Waals surface area (Å²) >= 11 is 0. The van der Waals surface area contributed by atoms with Crippen LogP contribution in [0.25, 0.3) is 12.0 Å². The summed E-state index contributed by atoms with van der Waals surface area (Å²) in [5.74, 6) is -0.371. The second kappa shape index (κ2) is 9.07. The highest BCUT2D eigenvalue weighted by molar-refractivity contribution is 5.52. The van der Waals surface area contributed by atoms with E-state index in [0.717, 1.165) is 23.4 Å². The maximum Gasteiger partial charge on any atom is 0.416 e. The van der Waals surface area contributed by atoms with E-state index in [4.69, 9.17) is 0 Å². The zero-order chi connectivity index (χ0) is 22.7. The Morgan fingerprint density at radius 2 is 1.75 bits per heavy atom. The molecule has 6 nitrogen and oxygen atoms in total. The van der Waals surface area contributed by atoms with Crippen LogP contribution in [0.1, 0.15) is 16.8 Å². The van der Waals surface area contributed by atoms with Crippen LogP contribution >= 0.6 is 0 Å². The summed E-state index contributed by atoms with van der Waals surface area (Å²) in [6.07, 6.45) is 4.51. The third-order valence-electron chi connectivity index (χ3n) is 5.40. The fraction of sp³-hybridized carbons (Fsp3) is 0.318. The van der Waals surface area contributed by atoms with Gasteiger partial charge in [-0.1, -0.05) is 12.2 Å². The van der Waals surface area contributed by atoms with Crippen LogP contribution in [-0.2, 0) is 6.18 Å². The molecule has 0 aliphatic carbocycles. The molecule has 1 aliphatic rings. The van der Waals surface area contributed by atoms with Gasteiger partial charge in [0.05, 0.1) is 17.5 Å². The van der Waals surface area contributed by atoms with Crippen LogP contribution in [0, 0.1) is 12.7 Å². The lowest BCUT2D eigenvalue weighted by Crippen LogP contribution is -2.46. The van der Waals surface area contributed by atoms with Crippen LogP contribution in [0.5, 0.6) is 0 Å². The van der Waals surface area contributed by atoms with Gasteiger partial charge >= 0.3 is 6.18 Å². The molecule has 2 aromatic heterocycles. The van der Waals surface area contributed by atoms with Crippen molar-refractivity contribution in [1.82, 2.24) is 24.6 Å². The van der Waals surface area contributed by atoms with Gasteiger partial charge in [-0.05, 0) is 31.2 Å². The van der Waals surface area contributed by atoms with Crippen molar-refractivity contribution in [3.8, 4) is 5.95 Å². The number of benzene rings is 1. The molecule has 0 radical (unpaired) electrons. The monoisotopic (exact) mass is 446 g/mol. The fourth-order valence-corrected chi connectivity index (χ4v) is 3.63. The van der Waals surface area contributed by atoms with E-state index in [1.165, 1.54) is 0 Å². The number of rotatable bonds is 5. The van der Waals surface area contributed by atoms with E-state index in [0.29, 0.717) is 44.7 Å². The molecule has 1 fully saturated rings. The molecule has 32 heavy (non-hydrogen) atoms. The molecular weight excluding hydrogens is 424 g/mol. The summed E-state index contributed by atoms with van der Waals surface area (Å²) in [7, 11) is 0. The standard InChI is InChI=1S/C22H22F4N6/c1-16-17(15-29-32(16)21-27-5-3-6-28-21)4-2-7-30-8-10-31(11-9-30)20-13-18(22(24,25)26)12-19(23)14-20/h2-6,12-15H,7-11H2,1H3/b4-2+. The molecule has 4 rings (SSSR count). The van der Waals surface area contributed by atoms with Gasteiger partial charge in [0.25, 0.3) is 5.95 Å². The quantitative estimate of drug-likeness (QED) is 0.556. The molecule has 0 saturated carbocycles. The molecule has 1 saturated heterocycles. The Hall–Kier alpha value is -3.27. The summed E-state index contributed by atoms with van der Waals surface area (Å²) in [6, 6.07) is 4.43. The largest absolute Gasteiger partial charge is 0.416 e. The number of anilines is 1. The number of alkyl halides is 3. The minimum absolute atomic E-state index is 0.263. The van der Waals surface area contributed by atoms with E-state index in [9.17, 15) is 17.6 Å². The van der Waals surface area contributed by atoms with Gasteiger partial charge in [0, 0.05) is 56.4 Å². The Morgan fingerprint density at radius 1 is 1.03 bits per heavy atom. The SMILES string of the molecule is Cc1c(/C=C/CN2CCN(c3cc(F)cc(C(F)(F)F)c3)CC2)cnn1-c1ncccn1. The third-order valence-corrected chi connectivity index (χ3v) is 5.40. The lowest BCUT2D eigenvalue weighted by atomic mass is 10.1. The van der Waals surface area contributed by atoms with Crippen LogP contribution in [0.3, 0.4) is 0 Å². The van der Waals surface area contributed by atoms with E-state index in [2.05, 4.69) is 20.0 Å². The average molecular weight is 446 g/mol. The lowest BCUT2D eigenvalue weighted by Gasteiger charge is -2.35. The summed E-state index contributed by atoms with van der Waals surface area (Å²) in [6.45, 7) is 5.01. The van der Waals surface area contributed by atoms with Crippen LogP contribution in [0.15, 0.2) is 48.9 Å². The highest BCUT2D eigenvalue weighted by atomic mass is 19.4. The molecule has 1 aliphatic heterocycles. The first kappa shape index (κ1) is 21.9. The molecule has 0 amide bonds. The summed E-state index contributed by atoms with van der Waals surface area (Å²) < 4.78 is 54.3. The van der Waals surface area contributed by atoms with Crippen molar-refractivity contribution in [3.05, 3.63) is 71.6 Å². The Balaban J connectivity index is 1.34. The number of aromatic nitrogens is 4. The number of hydrogen-bond acceptors (Lipinski definition) is 5. The second-order valence-electron chi connectivity index (χ2n) is 7.53. The molecule has 0 unspecified atom stereocenters. The van der Waals surface area contributed by atoms with Gasteiger partial charge in [0.15, 0.2) is 0 Å². The van der Waals surface area contributed by atoms with Crippen molar-refractivity contribution in [2.75, 3.05) is 37.6 Å². The first-order valence-electron chi connectivity index (χ1n) is 10.1. The first-order chi connectivity index (χ1) is 15.3. The minimum atomic E-state index is -4.57. The zero-order valence-corrected chi connectivity index (χ0v) is 17.4. The summed E-state index contributed by atoms with van der Waals surface area (Å²) in [4.78, 5) is 12.4. The average Bonchev–Trinajstić information content (AvgIpc) is 3.14. The normalized spacial score (nSPS) is 15.6. The van der Waals surface area contributed by atoms with E-state index in [1.807, 2.05) is 19.1 Å². The van der Waals surface area contributed by atoms with Gasteiger partial charge in [-0.15, -0.1) is 0 Å². The summed E-state index contributed by atoms with van der Waals surface area (Å²) in [5, 5.41) is 4.34. The topological polar surface area (TPSA) is 50.1 Å². The molecule has 0 spiro atoms. The van der Waals surface area contributed by atoms with Gasteiger partial charge in [0.2, 0.25) is 0 Å². The van der Waals surface area contributed by atoms with Crippen molar-refractivity contribution in [1.29, 1.82) is 0 Å². The number of halogens is 4. The van der Waals surface area contributed by atoms with Gasteiger partial charge in [-0.25, -0.2) is 19.0 Å². The Morgan fingerprint density at radius 3 is 2.44 bits per heavy atom. The zero-order valence-electron chi connectivity index (χ0n) is 17.4. The number of nitrogens with zero attached hydrogens (tertiary/aromatic N) is 6. The molecular formula is C22H22F4N6. The molecule has 10 heteroatoms. The van der Waals surface area contributed by atoms with E-state index in [1.54, 1.807) is 34.2 Å². The van der Waals surface area contributed by atoms with Crippen LogP contribution in [-0.4, -0.2) is 57.4 Å². The molecule has 3 heterocycles. The van der Waals surface area contributed by atoms with Crippen molar-refractivity contribution >= 4 is 11.8 Å². The van der Waals surface area contributed by atoms with Gasteiger partial charge in [-0.3, -0.25) is 4.90 Å². The van der Waals surface area contributed by atoms with E-state index in [-0.39, 0.29) is 5.69 Å². The maximum absolute atomic E-state index is 13.7. The molecule has 1 aromatic carbocycles. The third kappa shape index (κ3) is 4.96. The summed E-state index contributed by atoms with van der Waals surface area (Å²) in [5.41, 5.74) is 1.17. The molecule has 3 aromatic rings. The van der Waals surface area contributed by atoms with E-state index < -0.39 is 17.6 Å². The Labute approximate surface area is 182 Å².